The summed E-state index contributed by atoms with van der Waals surface area (Å²) in [4.78, 5) is 13.5. The van der Waals surface area contributed by atoms with Gasteiger partial charge in [-0.15, -0.1) is 0 Å². The minimum absolute atomic E-state index is 0.148. The van der Waals surface area contributed by atoms with E-state index in [0.717, 1.165) is 18.5 Å². The van der Waals surface area contributed by atoms with Gasteiger partial charge in [0.05, 0.1) is 6.54 Å². The van der Waals surface area contributed by atoms with Gasteiger partial charge in [0.2, 0.25) is 0 Å². The van der Waals surface area contributed by atoms with Crippen LogP contribution < -0.4 is 5.32 Å². The van der Waals surface area contributed by atoms with E-state index in [9.17, 15) is 9.18 Å². The molecule has 0 saturated carbocycles. The second-order valence-electron chi connectivity index (χ2n) is 5.68. The highest BCUT2D eigenvalue weighted by molar-refractivity contribution is 5.68. The van der Waals surface area contributed by atoms with E-state index in [1.807, 2.05) is 30.3 Å². The summed E-state index contributed by atoms with van der Waals surface area (Å²) in [6.07, 6.45) is -0.585. The molecule has 1 N–H and O–H groups in total. The molecule has 2 aliphatic heterocycles. The van der Waals surface area contributed by atoms with Crippen LogP contribution in [0.5, 0.6) is 0 Å². The molecule has 5 heteroatoms. The van der Waals surface area contributed by atoms with Crippen LogP contribution in [0.2, 0.25) is 0 Å². The second-order valence-corrected chi connectivity index (χ2v) is 5.68. The van der Waals surface area contributed by atoms with Crippen LogP contribution in [-0.4, -0.2) is 43.3 Å². The maximum absolute atomic E-state index is 14.2. The number of halogens is 1. The second kappa shape index (κ2) is 5.40. The van der Waals surface area contributed by atoms with E-state index in [1.165, 1.54) is 4.90 Å². The fourth-order valence-electron chi connectivity index (χ4n) is 3.05. The number of ether oxygens (including phenoxy) is 1. The first kappa shape index (κ1) is 13.4. The molecule has 1 spiro atoms. The molecule has 0 aliphatic carbocycles. The lowest BCUT2D eigenvalue weighted by Crippen LogP contribution is -2.35. The first-order valence-electron chi connectivity index (χ1n) is 7.00. The Labute approximate surface area is 117 Å². The maximum Gasteiger partial charge on any atom is 0.410 e. The number of rotatable bonds is 2. The van der Waals surface area contributed by atoms with Gasteiger partial charge in [0.25, 0.3) is 0 Å². The van der Waals surface area contributed by atoms with Crippen LogP contribution >= 0.6 is 0 Å². The standard InChI is InChI=1S/C15H19FN2O2/c16-13-8-18(11-15(13)6-7-17-10-15)14(19)20-9-12-4-2-1-3-5-12/h1-5,13,17H,6-11H2. The number of hydrogen-bond acceptors (Lipinski definition) is 3. The van der Waals surface area contributed by atoms with Crippen LogP contribution in [0.3, 0.4) is 0 Å². The van der Waals surface area contributed by atoms with Crippen molar-refractivity contribution >= 4 is 6.09 Å². The van der Waals surface area contributed by atoms with Gasteiger partial charge in [0.1, 0.15) is 12.8 Å². The van der Waals surface area contributed by atoms with Gasteiger partial charge in [-0.1, -0.05) is 30.3 Å². The Balaban J connectivity index is 1.56. The highest BCUT2D eigenvalue weighted by Crippen LogP contribution is 2.38. The van der Waals surface area contributed by atoms with Crippen molar-refractivity contribution in [3.8, 4) is 0 Å². The quantitative estimate of drug-likeness (QED) is 0.899. The average molecular weight is 278 g/mol. The molecule has 0 aromatic heterocycles. The molecular weight excluding hydrogens is 259 g/mol. The zero-order valence-corrected chi connectivity index (χ0v) is 11.3. The molecule has 3 rings (SSSR count). The number of carbonyl (C=O) groups excluding carboxylic acids is 1. The van der Waals surface area contributed by atoms with Crippen LogP contribution in [0.4, 0.5) is 9.18 Å². The molecule has 2 unspecified atom stereocenters. The summed E-state index contributed by atoms with van der Waals surface area (Å²) in [6, 6.07) is 9.51. The molecular formula is C15H19FN2O2. The molecule has 1 aromatic carbocycles. The minimum atomic E-state index is -0.957. The molecule has 1 amide bonds. The predicted octanol–water partition coefficient (Wildman–Crippen LogP) is 1.96. The van der Waals surface area contributed by atoms with Gasteiger partial charge in [0, 0.05) is 18.5 Å². The highest BCUT2D eigenvalue weighted by Gasteiger charge is 2.50. The Morgan fingerprint density at radius 2 is 2.25 bits per heavy atom. The average Bonchev–Trinajstić information content (AvgIpc) is 3.07. The van der Waals surface area contributed by atoms with Gasteiger partial charge >= 0.3 is 6.09 Å². The predicted molar refractivity (Wildman–Crippen MR) is 73.0 cm³/mol. The number of amides is 1. The summed E-state index contributed by atoms with van der Waals surface area (Å²) >= 11 is 0. The van der Waals surface area contributed by atoms with Crippen molar-refractivity contribution in [3.63, 3.8) is 0 Å². The van der Waals surface area contributed by atoms with Crippen molar-refractivity contribution in [2.75, 3.05) is 26.2 Å². The van der Waals surface area contributed by atoms with Crippen molar-refractivity contribution in [1.82, 2.24) is 10.2 Å². The summed E-state index contributed by atoms with van der Waals surface area (Å²) in [5, 5.41) is 3.18. The van der Waals surface area contributed by atoms with Crippen LogP contribution in [0.25, 0.3) is 0 Å². The first-order chi connectivity index (χ1) is 9.70. The van der Waals surface area contributed by atoms with E-state index in [2.05, 4.69) is 5.32 Å². The van der Waals surface area contributed by atoms with Gasteiger partial charge in [-0.05, 0) is 18.5 Å². The maximum atomic E-state index is 14.2. The van der Waals surface area contributed by atoms with E-state index in [-0.39, 0.29) is 13.2 Å². The third-order valence-corrected chi connectivity index (χ3v) is 4.29. The number of nitrogens with one attached hydrogen (secondary N) is 1. The van der Waals surface area contributed by atoms with Gasteiger partial charge in [0.15, 0.2) is 0 Å². The Morgan fingerprint density at radius 3 is 2.95 bits per heavy atom. The van der Waals surface area contributed by atoms with E-state index in [0.29, 0.717) is 13.1 Å². The zero-order valence-electron chi connectivity index (χ0n) is 11.3. The third kappa shape index (κ3) is 2.50. The molecule has 1 aromatic rings. The zero-order chi connectivity index (χ0) is 14.0. The molecule has 2 fully saturated rings. The Kier molecular flexibility index (Phi) is 3.61. The summed E-state index contributed by atoms with van der Waals surface area (Å²) in [5.74, 6) is 0. The monoisotopic (exact) mass is 278 g/mol. The number of nitrogens with zero attached hydrogens (tertiary/aromatic N) is 1. The van der Waals surface area contributed by atoms with Crippen LogP contribution in [0.15, 0.2) is 30.3 Å². The molecule has 2 atom stereocenters. The Hall–Kier alpha value is -1.62. The Bertz CT molecular complexity index is 474. The van der Waals surface area contributed by atoms with Gasteiger partial charge in [-0.3, -0.25) is 0 Å². The molecule has 20 heavy (non-hydrogen) atoms. The summed E-state index contributed by atoms with van der Waals surface area (Å²) < 4.78 is 19.4. The summed E-state index contributed by atoms with van der Waals surface area (Å²) in [6.45, 7) is 2.31. The van der Waals surface area contributed by atoms with E-state index in [4.69, 9.17) is 4.74 Å². The lowest BCUT2D eigenvalue weighted by atomic mass is 9.85. The van der Waals surface area contributed by atoms with Gasteiger partial charge in [-0.25, -0.2) is 9.18 Å². The molecule has 2 aliphatic rings. The fourth-order valence-corrected chi connectivity index (χ4v) is 3.05. The number of alkyl halides is 1. The van der Waals surface area contributed by atoms with Gasteiger partial charge in [-0.2, -0.15) is 0 Å². The molecule has 0 bridgehead atoms. The lowest BCUT2D eigenvalue weighted by Gasteiger charge is -2.23. The van der Waals surface area contributed by atoms with Crippen molar-refractivity contribution < 1.29 is 13.9 Å². The first-order valence-corrected chi connectivity index (χ1v) is 7.00. The Morgan fingerprint density at radius 1 is 1.45 bits per heavy atom. The number of likely N-dealkylation sites (tertiary alicyclic amines) is 1. The lowest BCUT2D eigenvalue weighted by molar-refractivity contribution is 0.100. The third-order valence-electron chi connectivity index (χ3n) is 4.29. The number of hydrogen-bond donors (Lipinski definition) is 1. The van der Waals surface area contributed by atoms with Crippen LogP contribution in [0.1, 0.15) is 12.0 Å². The number of benzene rings is 1. The molecule has 2 saturated heterocycles. The fraction of sp³-hybridized carbons (Fsp3) is 0.533. The van der Waals surface area contributed by atoms with Crippen LogP contribution in [0, 0.1) is 5.41 Å². The van der Waals surface area contributed by atoms with E-state index in [1.54, 1.807) is 0 Å². The van der Waals surface area contributed by atoms with Crippen molar-refractivity contribution in [2.45, 2.75) is 19.2 Å². The van der Waals surface area contributed by atoms with Crippen molar-refractivity contribution in [2.24, 2.45) is 5.41 Å². The van der Waals surface area contributed by atoms with Crippen LogP contribution in [-0.2, 0) is 11.3 Å². The summed E-state index contributed by atoms with van der Waals surface area (Å²) in [7, 11) is 0. The van der Waals surface area contributed by atoms with E-state index >= 15 is 0 Å². The normalized spacial score (nSPS) is 29.1. The molecule has 2 heterocycles. The van der Waals surface area contributed by atoms with E-state index < -0.39 is 17.7 Å². The number of carbonyl (C=O) groups is 1. The topological polar surface area (TPSA) is 41.6 Å². The smallest absolute Gasteiger partial charge is 0.410 e. The SMILES string of the molecule is O=C(OCc1ccccc1)N1CC(F)C2(CCNC2)C1. The molecule has 0 radical (unpaired) electrons. The highest BCUT2D eigenvalue weighted by atomic mass is 19.1. The largest absolute Gasteiger partial charge is 0.445 e. The molecule has 4 nitrogen and oxygen atoms in total. The van der Waals surface area contributed by atoms with Crippen molar-refractivity contribution in [3.05, 3.63) is 35.9 Å². The summed E-state index contributed by atoms with van der Waals surface area (Å²) in [5.41, 5.74) is 0.542. The molecule has 108 valence electrons. The van der Waals surface area contributed by atoms with Crippen molar-refractivity contribution in [1.29, 1.82) is 0 Å². The minimum Gasteiger partial charge on any atom is -0.445 e. The van der Waals surface area contributed by atoms with Gasteiger partial charge < -0.3 is 15.0 Å².